The van der Waals surface area contributed by atoms with Crippen LogP contribution in [0.15, 0.2) is 24.3 Å². The predicted octanol–water partition coefficient (Wildman–Crippen LogP) is -6.17. The highest BCUT2D eigenvalue weighted by Gasteiger charge is 2.48. The summed E-state index contributed by atoms with van der Waals surface area (Å²) in [6, 6.07) is -0.618. The number of primary amides is 1. The van der Waals surface area contributed by atoms with Crippen LogP contribution in [0.25, 0.3) is 0 Å². The van der Waals surface area contributed by atoms with Gasteiger partial charge in [0.1, 0.15) is 54.7 Å². The van der Waals surface area contributed by atoms with Gasteiger partial charge in [0.15, 0.2) is 6.04 Å². The summed E-state index contributed by atoms with van der Waals surface area (Å²) in [5, 5.41) is 76.8. The van der Waals surface area contributed by atoms with E-state index >= 15 is 0 Å². The van der Waals surface area contributed by atoms with E-state index in [0.717, 1.165) is 4.90 Å². The molecule has 0 aromatic heterocycles. The van der Waals surface area contributed by atoms with Crippen LogP contribution in [0.1, 0.15) is 31.9 Å². The van der Waals surface area contributed by atoms with E-state index in [1.54, 1.807) is 12.2 Å². The Balaban J connectivity index is 0.000000984. The molecule has 3 unspecified atom stereocenters. The van der Waals surface area contributed by atoms with Crippen LogP contribution < -0.4 is 26.8 Å². The number of halogens is 3. The lowest BCUT2D eigenvalue weighted by atomic mass is 9.97. The Bertz CT molecular complexity index is 1280. The zero-order chi connectivity index (χ0) is 36.0. The molecule has 10 atom stereocenters. The van der Waals surface area contributed by atoms with Crippen LogP contribution in [0.3, 0.4) is 0 Å². The van der Waals surface area contributed by atoms with Gasteiger partial charge < -0.3 is 67.1 Å². The molecule has 4 amide bonds. The topological polar surface area (TPSA) is 300 Å². The van der Waals surface area contributed by atoms with Gasteiger partial charge in [-0.05, 0) is 24.6 Å². The third-order valence-corrected chi connectivity index (χ3v) is 7.61. The Morgan fingerprint density at radius 3 is 2.04 bits per heavy atom. The van der Waals surface area contributed by atoms with Gasteiger partial charge in [-0.1, -0.05) is 19.1 Å². The van der Waals surface area contributed by atoms with Crippen molar-refractivity contribution in [1.29, 1.82) is 0 Å². The summed E-state index contributed by atoms with van der Waals surface area (Å²) < 4.78 is 31.5. The van der Waals surface area contributed by atoms with Crippen LogP contribution in [-0.4, -0.2) is 133 Å². The number of nitrogens with two attached hydrogens (primary N) is 2. The Morgan fingerprint density at radius 1 is 1.04 bits per heavy atom. The summed E-state index contributed by atoms with van der Waals surface area (Å²) in [7, 11) is 0. The monoisotopic (exact) mass is 681 g/mol. The van der Waals surface area contributed by atoms with E-state index in [1.165, 1.54) is 31.2 Å². The average molecular weight is 682 g/mol. The average Bonchev–Trinajstić information content (AvgIpc) is 3.55. The third kappa shape index (κ3) is 10.2. The van der Waals surface area contributed by atoms with Gasteiger partial charge in [0.2, 0.25) is 17.7 Å². The van der Waals surface area contributed by atoms with E-state index < -0.39 is 96.4 Å². The standard InChI is InChI=1S/C25H37N5O10.C2HF3O2/c1-10-9-30(18(19(10)34)22(26)37)25(40)16(11(2)31)28-24(39)17(29-23(38)15-7-14(33)8-27-15)21(36)20(35)12-3-5-13(32)6-4-12;3-2(4,5)1(6)7/h3-6,10-11,14-21,27,31-36H,7-9H2,1-2H3,(H2,26,37)(H,28,39)(H,29,38);(H,6,7)/t10-,11?,14+,15-,16-,17?,18?,19-,20-,21-;/m0./s1. The second kappa shape index (κ2) is 16.2. The molecule has 0 bridgehead atoms. The minimum absolute atomic E-state index is 0.0789. The first-order valence-electron chi connectivity index (χ1n) is 14.2. The maximum atomic E-state index is 13.4. The summed E-state index contributed by atoms with van der Waals surface area (Å²) >= 11 is 0. The Morgan fingerprint density at radius 2 is 1.60 bits per heavy atom. The highest BCUT2D eigenvalue weighted by atomic mass is 19.4. The molecule has 2 aliphatic rings. The number of alkyl halides is 3. The molecule has 1 aromatic carbocycles. The summed E-state index contributed by atoms with van der Waals surface area (Å²) in [5.74, 6) is -7.42. The molecule has 2 saturated heterocycles. The number of quaternary nitrogens is 1. The number of phenols is 1. The summed E-state index contributed by atoms with van der Waals surface area (Å²) in [5.41, 5.74) is 5.48. The van der Waals surface area contributed by atoms with Crippen molar-refractivity contribution in [1.82, 2.24) is 15.5 Å². The molecule has 17 nitrogen and oxygen atoms in total. The molecule has 3 rings (SSSR count). The van der Waals surface area contributed by atoms with Gasteiger partial charge in [0.05, 0.1) is 12.2 Å². The number of hydrogen-bond donors (Lipinski definition) is 10. The number of carbonyl (C=O) groups is 5. The normalized spacial score (nSPS) is 25.7. The molecule has 47 heavy (non-hydrogen) atoms. The first-order valence-corrected chi connectivity index (χ1v) is 14.2. The summed E-state index contributed by atoms with van der Waals surface area (Å²) in [6.45, 7) is 2.94. The Kier molecular flexibility index (Phi) is 13.4. The summed E-state index contributed by atoms with van der Waals surface area (Å²) in [6.07, 6.45) is -12.4. The highest BCUT2D eigenvalue weighted by Crippen LogP contribution is 2.25. The number of likely N-dealkylation sites (tertiary alicyclic amines) is 1. The van der Waals surface area contributed by atoms with Crippen molar-refractivity contribution in [3.05, 3.63) is 29.8 Å². The number of phenolic OH excluding ortho intramolecular Hbond substituents is 1. The molecule has 0 spiro atoms. The molecule has 20 heteroatoms. The quantitative estimate of drug-likeness (QED) is 0.110. The van der Waals surface area contributed by atoms with Crippen molar-refractivity contribution in [2.24, 2.45) is 11.7 Å². The minimum atomic E-state index is -5.19. The molecule has 2 heterocycles. The summed E-state index contributed by atoms with van der Waals surface area (Å²) in [4.78, 5) is 61.4. The lowest BCUT2D eigenvalue weighted by Gasteiger charge is -2.32. The molecule has 0 aliphatic carbocycles. The van der Waals surface area contributed by atoms with Crippen molar-refractivity contribution >= 4 is 29.6 Å². The molecule has 2 fully saturated rings. The van der Waals surface area contributed by atoms with E-state index in [0.29, 0.717) is 0 Å². The van der Waals surface area contributed by atoms with Crippen LogP contribution in [0, 0.1) is 5.92 Å². The van der Waals surface area contributed by atoms with Gasteiger partial charge in [-0.15, -0.1) is 0 Å². The molecule has 0 saturated carbocycles. The first-order chi connectivity index (χ1) is 21.7. The van der Waals surface area contributed by atoms with E-state index in [9.17, 15) is 63.0 Å². The van der Waals surface area contributed by atoms with Crippen LogP contribution in [0.5, 0.6) is 5.75 Å². The largest absolute Gasteiger partial charge is 0.542 e. The molecular formula is C27H38F3N5O12. The second-order valence-electron chi connectivity index (χ2n) is 11.3. The maximum Gasteiger partial charge on any atom is 0.430 e. The number of rotatable bonds is 10. The Labute approximate surface area is 265 Å². The van der Waals surface area contributed by atoms with E-state index in [-0.39, 0.29) is 30.8 Å². The van der Waals surface area contributed by atoms with Crippen molar-refractivity contribution in [2.75, 3.05) is 13.1 Å². The number of aliphatic hydroxyl groups excluding tert-OH is 5. The molecular weight excluding hydrogens is 643 g/mol. The SMILES string of the molecule is CC(O)[C@H](NC(=O)C(NC(=O)[C@@H]1C[C@@H](O)C[NH2+]1)[C@H](O)[C@@H](O)c1ccc(O)cc1)C(=O)N1C[C@H](C)[C@H](O)C1C(N)=O.O=C([O-])C(F)(F)F. The van der Waals surface area contributed by atoms with Crippen molar-refractivity contribution in [3.63, 3.8) is 0 Å². The number of aliphatic hydroxyl groups is 5. The number of carboxylic acid groups (broad SMARTS) is 1. The second-order valence-corrected chi connectivity index (χ2v) is 11.3. The van der Waals surface area contributed by atoms with Gasteiger partial charge in [0, 0.05) is 18.9 Å². The smallest absolute Gasteiger partial charge is 0.430 e. The number of hydrogen-bond acceptors (Lipinski definition) is 12. The number of carboxylic acids is 1. The number of benzene rings is 1. The van der Waals surface area contributed by atoms with Crippen LogP contribution in [0.2, 0.25) is 0 Å². The van der Waals surface area contributed by atoms with Gasteiger partial charge in [-0.25, -0.2) is 0 Å². The number of aromatic hydroxyl groups is 1. The van der Waals surface area contributed by atoms with E-state index in [2.05, 4.69) is 10.6 Å². The molecule has 1 aromatic rings. The van der Waals surface area contributed by atoms with Crippen LogP contribution in [0.4, 0.5) is 13.2 Å². The van der Waals surface area contributed by atoms with Gasteiger partial charge in [0.25, 0.3) is 5.91 Å². The molecule has 264 valence electrons. The zero-order valence-corrected chi connectivity index (χ0v) is 25.1. The van der Waals surface area contributed by atoms with Gasteiger partial charge in [-0.3, -0.25) is 19.2 Å². The van der Waals surface area contributed by atoms with Gasteiger partial charge >= 0.3 is 6.18 Å². The maximum absolute atomic E-state index is 13.4. The number of nitrogens with zero attached hydrogens (tertiary/aromatic N) is 1. The van der Waals surface area contributed by atoms with Gasteiger partial charge in [-0.2, -0.15) is 13.2 Å². The lowest BCUT2D eigenvalue weighted by Crippen LogP contribution is -2.90. The van der Waals surface area contributed by atoms with E-state index in [1.807, 2.05) is 0 Å². The first kappa shape index (κ1) is 39.1. The number of amides is 4. The van der Waals surface area contributed by atoms with Crippen LogP contribution >= 0.6 is 0 Å². The number of aliphatic carboxylic acids is 1. The highest BCUT2D eigenvalue weighted by molar-refractivity contribution is 5.95. The molecule has 2 aliphatic heterocycles. The number of carbonyl (C=O) groups excluding carboxylic acids is 5. The molecule has 0 radical (unpaired) electrons. The molecule has 12 N–H and O–H groups in total. The van der Waals surface area contributed by atoms with Crippen LogP contribution in [-0.2, 0) is 24.0 Å². The van der Waals surface area contributed by atoms with Crippen molar-refractivity contribution in [3.8, 4) is 5.75 Å². The zero-order valence-electron chi connectivity index (χ0n) is 25.1. The fourth-order valence-corrected chi connectivity index (χ4v) is 5.02. The fraction of sp³-hybridized carbons (Fsp3) is 0.593. The predicted molar refractivity (Wildman–Crippen MR) is 147 cm³/mol. The minimum Gasteiger partial charge on any atom is -0.542 e. The lowest BCUT2D eigenvalue weighted by molar-refractivity contribution is -0.659. The van der Waals surface area contributed by atoms with Crippen molar-refractivity contribution in [2.45, 2.75) is 81.1 Å². The van der Waals surface area contributed by atoms with E-state index in [4.69, 9.17) is 15.6 Å². The fourth-order valence-electron chi connectivity index (χ4n) is 5.02. The Hall–Kier alpha value is -4.08. The third-order valence-electron chi connectivity index (χ3n) is 7.61. The van der Waals surface area contributed by atoms with Crippen molar-refractivity contribution < 1.29 is 78.2 Å². The number of nitrogens with one attached hydrogen (secondary N) is 2.